The quantitative estimate of drug-likeness (QED) is 0.772. The zero-order valence-electron chi connectivity index (χ0n) is 12.7. The van der Waals surface area contributed by atoms with E-state index < -0.39 is 6.61 Å². The van der Waals surface area contributed by atoms with Gasteiger partial charge in [0.2, 0.25) is 0 Å². The molecule has 2 nitrogen and oxygen atoms in total. The van der Waals surface area contributed by atoms with Crippen molar-refractivity contribution in [3.05, 3.63) is 29.8 Å². The molecule has 1 aromatic carbocycles. The fourth-order valence-electron chi connectivity index (χ4n) is 3.29. The standard InChI is InChI=1S/C17H25F2NO/c1-2-20-15(12-13-8-4-3-5-9-13)14-10-6-7-11-16(14)21-17(18)19/h6-7,10-11,13,15,17,20H,2-5,8-9,12H2,1H3. The normalized spacial score (nSPS) is 17.9. The lowest BCUT2D eigenvalue weighted by atomic mass is 9.83. The van der Waals surface area contributed by atoms with E-state index in [0.717, 1.165) is 18.5 Å². The van der Waals surface area contributed by atoms with Crippen LogP contribution in [0, 0.1) is 5.92 Å². The average Bonchev–Trinajstić information content (AvgIpc) is 2.48. The number of hydrogen-bond acceptors (Lipinski definition) is 2. The van der Waals surface area contributed by atoms with Crippen molar-refractivity contribution in [2.75, 3.05) is 6.54 Å². The number of hydrogen-bond donors (Lipinski definition) is 1. The third-order valence-corrected chi connectivity index (χ3v) is 4.25. The first-order valence-corrected chi connectivity index (χ1v) is 7.97. The summed E-state index contributed by atoms with van der Waals surface area (Å²) in [6, 6.07) is 7.25. The number of halogens is 2. The topological polar surface area (TPSA) is 21.3 Å². The van der Waals surface area contributed by atoms with Crippen molar-refractivity contribution >= 4 is 0 Å². The molecule has 2 rings (SSSR count). The van der Waals surface area contributed by atoms with Crippen LogP contribution in [-0.4, -0.2) is 13.2 Å². The summed E-state index contributed by atoms with van der Waals surface area (Å²) < 4.78 is 29.8. The van der Waals surface area contributed by atoms with Crippen molar-refractivity contribution in [1.29, 1.82) is 0 Å². The molecular weight excluding hydrogens is 272 g/mol. The van der Waals surface area contributed by atoms with Crippen molar-refractivity contribution in [2.45, 2.75) is 58.1 Å². The van der Waals surface area contributed by atoms with Crippen molar-refractivity contribution in [1.82, 2.24) is 5.32 Å². The lowest BCUT2D eigenvalue weighted by molar-refractivity contribution is -0.0507. The molecule has 0 radical (unpaired) electrons. The van der Waals surface area contributed by atoms with Gasteiger partial charge in [0, 0.05) is 11.6 Å². The Morgan fingerprint density at radius 1 is 1.19 bits per heavy atom. The molecule has 0 amide bonds. The van der Waals surface area contributed by atoms with Crippen molar-refractivity contribution in [3.8, 4) is 5.75 Å². The fourth-order valence-corrected chi connectivity index (χ4v) is 3.29. The monoisotopic (exact) mass is 297 g/mol. The molecule has 0 aliphatic heterocycles. The van der Waals surface area contributed by atoms with Crippen LogP contribution in [0.5, 0.6) is 5.75 Å². The summed E-state index contributed by atoms with van der Waals surface area (Å²) >= 11 is 0. The van der Waals surface area contributed by atoms with Gasteiger partial charge in [0.25, 0.3) is 0 Å². The lowest BCUT2D eigenvalue weighted by Gasteiger charge is -2.28. The highest BCUT2D eigenvalue weighted by Crippen LogP contribution is 2.35. The maximum absolute atomic E-state index is 12.6. The van der Waals surface area contributed by atoms with E-state index in [9.17, 15) is 8.78 Å². The van der Waals surface area contributed by atoms with Crippen LogP contribution in [0.4, 0.5) is 8.78 Å². The highest BCUT2D eigenvalue weighted by atomic mass is 19.3. The Morgan fingerprint density at radius 2 is 1.90 bits per heavy atom. The van der Waals surface area contributed by atoms with E-state index in [-0.39, 0.29) is 6.04 Å². The van der Waals surface area contributed by atoms with Gasteiger partial charge in [-0.3, -0.25) is 0 Å². The molecular formula is C17H25F2NO. The Bertz CT molecular complexity index is 419. The maximum atomic E-state index is 12.6. The van der Waals surface area contributed by atoms with Crippen molar-refractivity contribution < 1.29 is 13.5 Å². The molecule has 4 heteroatoms. The summed E-state index contributed by atoms with van der Waals surface area (Å²) in [5, 5.41) is 3.43. The van der Waals surface area contributed by atoms with Crippen LogP contribution in [0.3, 0.4) is 0 Å². The average molecular weight is 297 g/mol. The Balaban J connectivity index is 2.12. The van der Waals surface area contributed by atoms with E-state index in [0.29, 0.717) is 11.7 Å². The van der Waals surface area contributed by atoms with Gasteiger partial charge in [-0.2, -0.15) is 8.78 Å². The van der Waals surface area contributed by atoms with E-state index in [4.69, 9.17) is 0 Å². The molecule has 0 spiro atoms. The molecule has 1 aliphatic carbocycles. The van der Waals surface area contributed by atoms with E-state index in [1.165, 1.54) is 32.1 Å². The molecule has 1 N–H and O–H groups in total. The second-order valence-electron chi connectivity index (χ2n) is 5.77. The summed E-state index contributed by atoms with van der Waals surface area (Å²) in [5.74, 6) is 0.983. The van der Waals surface area contributed by atoms with Crippen molar-refractivity contribution in [3.63, 3.8) is 0 Å². The Kier molecular flexibility index (Phi) is 6.43. The molecule has 0 aromatic heterocycles. The minimum atomic E-state index is -2.77. The SMILES string of the molecule is CCNC(CC1CCCCC1)c1ccccc1OC(F)F. The summed E-state index contributed by atoms with van der Waals surface area (Å²) in [5.41, 5.74) is 0.852. The molecule has 1 atom stereocenters. The molecule has 1 unspecified atom stereocenters. The lowest BCUT2D eigenvalue weighted by Crippen LogP contribution is -2.25. The number of ether oxygens (including phenoxy) is 1. The molecule has 0 bridgehead atoms. The Morgan fingerprint density at radius 3 is 2.57 bits per heavy atom. The van der Waals surface area contributed by atoms with E-state index in [1.807, 2.05) is 19.1 Å². The second-order valence-corrected chi connectivity index (χ2v) is 5.77. The highest BCUT2D eigenvalue weighted by Gasteiger charge is 2.22. The number of nitrogens with one attached hydrogen (secondary N) is 1. The first-order chi connectivity index (χ1) is 10.2. The van der Waals surface area contributed by atoms with Crippen LogP contribution >= 0.6 is 0 Å². The predicted molar refractivity (Wildman–Crippen MR) is 80.7 cm³/mol. The summed E-state index contributed by atoms with van der Waals surface area (Å²) in [6.45, 7) is 0.0910. The third kappa shape index (κ3) is 4.95. The van der Waals surface area contributed by atoms with Gasteiger partial charge in [-0.25, -0.2) is 0 Å². The van der Waals surface area contributed by atoms with Crippen LogP contribution in [0.25, 0.3) is 0 Å². The second kappa shape index (κ2) is 8.32. The van der Waals surface area contributed by atoms with Crippen LogP contribution < -0.4 is 10.1 Å². The van der Waals surface area contributed by atoms with Gasteiger partial charge in [-0.05, 0) is 24.9 Å². The Hall–Kier alpha value is -1.16. The smallest absolute Gasteiger partial charge is 0.387 e. The number of rotatable bonds is 7. The minimum Gasteiger partial charge on any atom is -0.434 e. The van der Waals surface area contributed by atoms with Gasteiger partial charge in [-0.15, -0.1) is 0 Å². The summed E-state index contributed by atoms with van der Waals surface area (Å²) in [7, 11) is 0. The zero-order valence-corrected chi connectivity index (χ0v) is 12.7. The molecule has 1 aliphatic rings. The van der Waals surface area contributed by atoms with Crippen LogP contribution in [0.1, 0.15) is 57.1 Å². The van der Waals surface area contributed by atoms with Crippen molar-refractivity contribution in [2.24, 2.45) is 5.92 Å². The van der Waals surface area contributed by atoms with E-state index in [2.05, 4.69) is 10.1 Å². The molecule has 1 aromatic rings. The Labute approximate surface area is 125 Å². The van der Waals surface area contributed by atoms with Crippen LogP contribution in [-0.2, 0) is 0 Å². The molecule has 1 saturated carbocycles. The molecule has 1 fully saturated rings. The number of alkyl halides is 2. The first-order valence-electron chi connectivity index (χ1n) is 7.97. The van der Waals surface area contributed by atoms with Gasteiger partial charge in [-0.1, -0.05) is 57.2 Å². The minimum absolute atomic E-state index is 0.0908. The molecule has 0 saturated heterocycles. The van der Waals surface area contributed by atoms with Crippen LogP contribution in [0.2, 0.25) is 0 Å². The highest BCUT2D eigenvalue weighted by molar-refractivity contribution is 5.36. The summed E-state index contributed by atoms with van der Waals surface area (Å²) in [4.78, 5) is 0. The van der Waals surface area contributed by atoms with E-state index in [1.54, 1.807) is 12.1 Å². The number of benzene rings is 1. The number of para-hydroxylation sites is 1. The molecule has 21 heavy (non-hydrogen) atoms. The molecule has 0 heterocycles. The van der Waals surface area contributed by atoms with Gasteiger partial charge < -0.3 is 10.1 Å². The van der Waals surface area contributed by atoms with Crippen LogP contribution in [0.15, 0.2) is 24.3 Å². The largest absolute Gasteiger partial charge is 0.434 e. The summed E-state index contributed by atoms with van der Waals surface area (Å²) in [6.07, 6.45) is 7.40. The fraction of sp³-hybridized carbons (Fsp3) is 0.647. The predicted octanol–water partition coefficient (Wildman–Crippen LogP) is 4.91. The maximum Gasteiger partial charge on any atom is 0.387 e. The van der Waals surface area contributed by atoms with E-state index >= 15 is 0 Å². The van der Waals surface area contributed by atoms with Gasteiger partial charge in [0.1, 0.15) is 5.75 Å². The first kappa shape index (κ1) is 16.2. The molecule has 118 valence electrons. The van der Waals surface area contributed by atoms with Gasteiger partial charge >= 0.3 is 6.61 Å². The third-order valence-electron chi connectivity index (χ3n) is 4.25. The van der Waals surface area contributed by atoms with Gasteiger partial charge in [0.15, 0.2) is 0 Å². The van der Waals surface area contributed by atoms with Gasteiger partial charge in [0.05, 0.1) is 0 Å². The zero-order chi connectivity index (χ0) is 15.1.